The largest absolute Gasteiger partial charge is 0.508 e. The van der Waals surface area contributed by atoms with Gasteiger partial charge in [-0.25, -0.2) is 4.79 Å². The predicted octanol–water partition coefficient (Wildman–Crippen LogP) is 3.27. The highest BCUT2D eigenvalue weighted by Crippen LogP contribution is 2.27. The summed E-state index contributed by atoms with van der Waals surface area (Å²) in [7, 11) is 0. The molecule has 1 aromatic heterocycles. The first kappa shape index (κ1) is 17.2. The molecule has 0 aliphatic rings. The molecule has 0 saturated heterocycles. The van der Waals surface area contributed by atoms with E-state index in [1.54, 1.807) is 19.1 Å². The number of benzene rings is 2. The van der Waals surface area contributed by atoms with Gasteiger partial charge in [-0.1, -0.05) is 44.2 Å². The van der Waals surface area contributed by atoms with Gasteiger partial charge < -0.3 is 14.8 Å². The van der Waals surface area contributed by atoms with Gasteiger partial charge in [-0.05, 0) is 19.1 Å². The van der Waals surface area contributed by atoms with Crippen LogP contribution < -0.4 is 10.9 Å². The fourth-order valence-electron chi connectivity index (χ4n) is 3.31. The van der Waals surface area contributed by atoms with Crippen molar-refractivity contribution in [2.24, 2.45) is 5.92 Å². The van der Waals surface area contributed by atoms with Gasteiger partial charge in [0.15, 0.2) is 0 Å². The van der Waals surface area contributed by atoms with E-state index in [1.807, 2.05) is 12.1 Å². The van der Waals surface area contributed by atoms with Gasteiger partial charge >= 0.3 is 5.63 Å². The zero-order valence-electron chi connectivity index (χ0n) is 14.8. The van der Waals surface area contributed by atoms with Crippen molar-refractivity contribution in [1.82, 2.24) is 0 Å². The molecule has 3 N–H and O–H groups in total. The van der Waals surface area contributed by atoms with Crippen LogP contribution in [0.2, 0.25) is 0 Å². The molecule has 3 aromatic rings. The lowest BCUT2D eigenvalue weighted by Crippen LogP contribution is -2.84. The van der Waals surface area contributed by atoms with Crippen LogP contribution in [0.15, 0.2) is 57.7 Å². The number of rotatable bonds is 5. The Hall–Kier alpha value is -2.59. The summed E-state index contributed by atoms with van der Waals surface area (Å²) in [4.78, 5) is 12.0. The van der Waals surface area contributed by atoms with Crippen molar-refractivity contribution < 1.29 is 14.8 Å². The standard InChI is InChI=1S/C21H23NO3/c1-13(2)20(15-7-5-4-6-8-15)22-12-16-11-19(24)25-21-14(3)18(23)10-9-17(16)21/h4-11,13,20,22-23H,12H2,1-3H3/p+1/t20-/m0/s1. The van der Waals surface area contributed by atoms with Crippen molar-refractivity contribution in [2.75, 3.05) is 0 Å². The van der Waals surface area contributed by atoms with Crippen LogP contribution in [-0.2, 0) is 6.54 Å². The van der Waals surface area contributed by atoms with Crippen LogP contribution in [0.3, 0.4) is 0 Å². The van der Waals surface area contributed by atoms with Gasteiger partial charge in [0.25, 0.3) is 0 Å². The molecule has 3 rings (SSSR count). The molecule has 0 aliphatic heterocycles. The number of aromatic hydroxyl groups is 1. The van der Waals surface area contributed by atoms with Gasteiger partial charge in [-0.2, -0.15) is 0 Å². The summed E-state index contributed by atoms with van der Waals surface area (Å²) < 4.78 is 5.32. The van der Waals surface area contributed by atoms with Crippen LogP contribution >= 0.6 is 0 Å². The topological polar surface area (TPSA) is 67.1 Å². The van der Waals surface area contributed by atoms with Crippen LogP contribution in [0, 0.1) is 12.8 Å². The molecule has 0 aliphatic carbocycles. The second kappa shape index (κ2) is 7.11. The van der Waals surface area contributed by atoms with E-state index in [4.69, 9.17) is 4.42 Å². The molecule has 0 saturated carbocycles. The maximum absolute atomic E-state index is 12.0. The van der Waals surface area contributed by atoms with E-state index >= 15 is 0 Å². The summed E-state index contributed by atoms with van der Waals surface area (Å²) in [5.74, 6) is 0.598. The Morgan fingerprint density at radius 1 is 1.12 bits per heavy atom. The van der Waals surface area contributed by atoms with E-state index in [-0.39, 0.29) is 11.4 Å². The minimum Gasteiger partial charge on any atom is -0.508 e. The third-order valence-corrected chi connectivity index (χ3v) is 4.71. The van der Waals surface area contributed by atoms with Crippen molar-refractivity contribution in [2.45, 2.75) is 33.4 Å². The van der Waals surface area contributed by atoms with E-state index in [2.05, 4.69) is 43.4 Å². The van der Waals surface area contributed by atoms with Gasteiger partial charge in [-0.15, -0.1) is 0 Å². The number of phenols is 1. The fraction of sp³-hybridized carbons (Fsp3) is 0.286. The molecular formula is C21H24NO3+. The molecule has 0 amide bonds. The molecule has 2 aromatic carbocycles. The zero-order valence-corrected chi connectivity index (χ0v) is 14.8. The number of hydrogen-bond donors (Lipinski definition) is 2. The fourth-order valence-corrected chi connectivity index (χ4v) is 3.31. The third-order valence-electron chi connectivity index (χ3n) is 4.71. The maximum atomic E-state index is 12.0. The van der Waals surface area contributed by atoms with E-state index in [0.717, 1.165) is 10.9 Å². The Morgan fingerprint density at radius 2 is 1.84 bits per heavy atom. The molecule has 4 heteroatoms. The molecule has 4 nitrogen and oxygen atoms in total. The van der Waals surface area contributed by atoms with Crippen LogP contribution in [0.4, 0.5) is 0 Å². The molecule has 1 heterocycles. The first-order valence-corrected chi connectivity index (χ1v) is 8.61. The summed E-state index contributed by atoms with van der Waals surface area (Å²) in [5.41, 5.74) is 2.89. The lowest BCUT2D eigenvalue weighted by molar-refractivity contribution is -0.716. The van der Waals surface area contributed by atoms with Crippen LogP contribution in [0.1, 0.15) is 36.6 Å². The number of fused-ring (bicyclic) bond motifs is 1. The lowest BCUT2D eigenvalue weighted by Gasteiger charge is -2.20. The Kier molecular flexibility index (Phi) is 4.91. The number of phenolic OH excluding ortho intramolecular Hbond substituents is 1. The Labute approximate surface area is 147 Å². The van der Waals surface area contributed by atoms with Gasteiger partial charge in [-0.3, -0.25) is 0 Å². The third kappa shape index (κ3) is 3.59. The molecule has 0 radical (unpaired) electrons. The van der Waals surface area contributed by atoms with Crippen LogP contribution in [0.5, 0.6) is 5.75 Å². The highest BCUT2D eigenvalue weighted by atomic mass is 16.4. The smallest absolute Gasteiger partial charge is 0.336 e. The van der Waals surface area contributed by atoms with Crippen molar-refractivity contribution >= 4 is 11.0 Å². The second-order valence-electron chi connectivity index (χ2n) is 6.80. The second-order valence-corrected chi connectivity index (χ2v) is 6.80. The average molecular weight is 338 g/mol. The average Bonchev–Trinajstić information content (AvgIpc) is 2.59. The molecule has 0 bridgehead atoms. The van der Waals surface area contributed by atoms with Gasteiger partial charge in [0, 0.05) is 34.1 Å². The Morgan fingerprint density at radius 3 is 2.52 bits per heavy atom. The summed E-state index contributed by atoms with van der Waals surface area (Å²) >= 11 is 0. The summed E-state index contributed by atoms with van der Waals surface area (Å²) in [6.45, 7) is 6.83. The van der Waals surface area contributed by atoms with Gasteiger partial charge in [0.2, 0.25) is 0 Å². The first-order valence-electron chi connectivity index (χ1n) is 8.61. The van der Waals surface area contributed by atoms with E-state index < -0.39 is 0 Å². The van der Waals surface area contributed by atoms with E-state index in [9.17, 15) is 9.90 Å². The highest BCUT2D eigenvalue weighted by molar-refractivity contribution is 5.84. The first-order chi connectivity index (χ1) is 12.0. The monoisotopic (exact) mass is 338 g/mol. The van der Waals surface area contributed by atoms with E-state index in [1.165, 1.54) is 5.56 Å². The number of quaternary nitrogens is 1. The Bertz CT molecular complexity index is 929. The minimum atomic E-state index is -0.384. The summed E-state index contributed by atoms with van der Waals surface area (Å²) in [5, 5.41) is 13.0. The van der Waals surface area contributed by atoms with Gasteiger partial charge in [0.1, 0.15) is 23.9 Å². The zero-order chi connectivity index (χ0) is 18.0. The summed E-state index contributed by atoms with van der Waals surface area (Å²) in [6.07, 6.45) is 0. The normalized spacial score (nSPS) is 12.6. The number of hydrogen-bond acceptors (Lipinski definition) is 3. The summed E-state index contributed by atoms with van der Waals surface area (Å²) in [6, 6.07) is 15.7. The van der Waals surface area contributed by atoms with E-state index in [0.29, 0.717) is 29.7 Å². The van der Waals surface area contributed by atoms with Gasteiger partial charge in [0.05, 0.1) is 0 Å². The van der Waals surface area contributed by atoms with Crippen LogP contribution in [-0.4, -0.2) is 5.11 Å². The number of aryl methyl sites for hydroxylation is 1. The molecule has 1 atom stereocenters. The SMILES string of the molecule is Cc1c(O)ccc2c(C[NH2+][C@H](c3ccccc3)C(C)C)cc(=O)oc12. The molecular weight excluding hydrogens is 314 g/mol. The number of nitrogens with two attached hydrogens (primary N) is 1. The van der Waals surface area contributed by atoms with Crippen molar-refractivity contribution in [1.29, 1.82) is 0 Å². The lowest BCUT2D eigenvalue weighted by atomic mass is 9.95. The minimum absolute atomic E-state index is 0.140. The Balaban J connectivity index is 1.95. The maximum Gasteiger partial charge on any atom is 0.336 e. The molecule has 130 valence electrons. The molecule has 0 fully saturated rings. The van der Waals surface area contributed by atoms with Crippen molar-refractivity contribution in [3.8, 4) is 5.75 Å². The van der Waals surface area contributed by atoms with Crippen molar-refractivity contribution in [3.05, 3.63) is 75.6 Å². The predicted molar refractivity (Wildman–Crippen MR) is 98.5 cm³/mol. The molecule has 0 spiro atoms. The molecule has 25 heavy (non-hydrogen) atoms. The van der Waals surface area contributed by atoms with Crippen LogP contribution in [0.25, 0.3) is 11.0 Å². The highest BCUT2D eigenvalue weighted by Gasteiger charge is 2.20. The van der Waals surface area contributed by atoms with Crippen molar-refractivity contribution in [3.63, 3.8) is 0 Å². The quantitative estimate of drug-likeness (QED) is 0.702. The molecule has 0 unspecified atom stereocenters.